The molecule has 130 valence electrons. The molecular formula is C19H22N4O2. The molecule has 0 spiro atoms. The quantitative estimate of drug-likeness (QED) is 0.608. The number of pyridine rings is 1. The number of rotatable bonds is 9. The summed E-state index contributed by atoms with van der Waals surface area (Å²) in [6.07, 6.45) is 9.11. The molecule has 3 aromatic rings. The molecule has 0 aliphatic heterocycles. The van der Waals surface area contributed by atoms with Crippen LogP contribution >= 0.6 is 0 Å². The smallest absolute Gasteiger partial charge is 0.161 e. The van der Waals surface area contributed by atoms with Crippen molar-refractivity contribution >= 4 is 0 Å². The normalized spacial score (nSPS) is 10.6. The van der Waals surface area contributed by atoms with Gasteiger partial charge in [-0.1, -0.05) is 12.1 Å². The Kier molecular flexibility index (Phi) is 6.01. The molecule has 0 amide bonds. The molecule has 3 rings (SSSR count). The van der Waals surface area contributed by atoms with Crippen molar-refractivity contribution in [1.82, 2.24) is 19.9 Å². The summed E-state index contributed by atoms with van der Waals surface area (Å²) in [5.41, 5.74) is 2.17. The first-order chi connectivity index (χ1) is 12.3. The molecule has 0 bridgehead atoms. The van der Waals surface area contributed by atoms with Crippen molar-refractivity contribution < 1.29 is 9.47 Å². The maximum Gasteiger partial charge on any atom is 0.161 e. The minimum absolute atomic E-state index is 0.460. The van der Waals surface area contributed by atoms with E-state index in [1.54, 1.807) is 25.7 Å². The SMILES string of the molecule is COc1ccc(CNCCn2ccnc2)cc1OCc1cccnc1. The van der Waals surface area contributed by atoms with Crippen molar-refractivity contribution in [2.24, 2.45) is 0 Å². The lowest BCUT2D eigenvalue weighted by molar-refractivity contribution is 0.283. The molecule has 6 heteroatoms. The summed E-state index contributed by atoms with van der Waals surface area (Å²) in [6.45, 7) is 2.98. The Bertz CT molecular complexity index is 760. The van der Waals surface area contributed by atoms with Crippen LogP contribution in [0.1, 0.15) is 11.1 Å². The molecule has 0 saturated heterocycles. The number of methoxy groups -OCH3 is 1. The molecule has 2 heterocycles. The number of hydrogen-bond donors (Lipinski definition) is 1. The van der Waals surface area contributed by atoms with Gasteiger partial charge < -0.3 is 19.4 Å². The molecule has 0 radical (unpaired) electrons. The molecule has 1 aromatic carbocycles. The van der Waals surface area contributed by atoms with Gasteiger partial charge in [-0.15, -0.1) is 0 Å². The first kappa shape index (κ1) is 17.0. The van der Waals surface area contributed by atoms with E-state index in [1.165, 1.54) is 0 Å². The van der Waals surface area contributed by atoms with Crippen LogP contribution in [0.25, 0.3) is 0 Å². The second-order valence-electron chi connectivity index (χ2n) is 5.61. The molecule has 0 saturated carbocycles. The molecule has 0 unspecified atom stereocenters. The third kappa shape index (κ3) is 5.06. The predicted octanol–water partition coefficient (Wildman–Crippen LogP) is 2.66. The second kappa shape index (κ2) is 8.84. The van der Waals surface area contributed by atoms with Crippen LogP contribution in [0, 0.1) is 0 Å². The first-order valence-electron chi connectivity index (χ1n) is 8.20. The number of aromatic nitrogens is 3. The Morgan fingerprint density at radius 3 is 2.80 bits per heavy atom. The number of nitrogens with zero attached hydrogens (tertiary/aromatic N) is 3. The Labute approximate surface area is 147 Å². The number of imidazole rings is 1. The number of benzene rings is 1. The van der Waals surface area contributed by atoms with E-state index in [2.05, 4.69) is 15.3 Å². The van der Waals surface area contributed by atoms with Gasteiger partial charge in [-0.25, -0.2) is 4.98 Å². The van der Waals surface area contributed by atoms with E-state index >= 15 is 0 Å². The van der Waals surface area contributed by atoms with Crippen LogP contribution in [0.3, 0.4) is 0 Å². The van der Waals surface area contributed by atoms with Gasteiger partial charge in [0, 0.05) is 50.0 Å². The summed E-state index contributed by atoms with van der Waals surface area (Å²) < 4.78 is 13.4. The zero-order chi connectivity index (χ0) is 17.3. The molecular weight excluding hydrogens is 316 g/mol. The topological polar surface area (TPSA) is 61.2 Å². The van der Waals surface area contributed by atoms with Gasteiger partial charge in [0.2, 0.25) is 0 Å². The van der Waals surface area contributed by atoms with Crippen LogP contribution in [0.5, 0.6) is 11.5 Å². The lowest BCUT2D eigenvalue weighted by Crippen LogP contribution is -2.19. The van der Waals surface area contributed by atoms with E-state index in [1.807, 2.05) is 47.4 Å². The summed E-state index contributed by atoms with van der Waals surface area (Å²) in [6, 6.07) is 9.88. The van der Waals surface area contributed by atoms with E-state index in [0.29, 0.717) is 6.61 Å². The van der Waals surface area contributed by atoms with E-state index in [9.17, 15) is 0 Å². The van der Waals surface area contributed by atoms with Crippen molar-refractivity contribution in [3.05, 3.63) is 72.6 Å². The van der Waals surface area contributed by atoms with Crippen LogP contribution in [-0.2, 0) is 19.7 Å². The van der Waals surface area contributed by atoms with Crippen LogP contribution < -0.4 is 14.8 Å². The van der Waals surface area contributed by atoms with Crippen LogP contribution in [-0.4, -0.2) is 28.2 Å². The third-order valence-electron chi connectivity index (χ3n) is 3.78. The van der Waals surface area contributed by atoms with Gasteiger partial charge in [0.15, 0.2) is 11.5 Å². The van der Waals surface area contributed by atoms with Crippen molar-refractivity contribution in [2.75, 3.05) is 13.7 Å². The largest absolute Gasteiger partial charge is 0.493 e. The molecule has 0 fully saturated rings. The Hall–Kier alpha value is -2.86. The lowest BCUT2D eigenvalue weighted by Gasteiger charge is -2.13. The van der Waals surface area contributed by atoms with Gasteiger partial charge in [0.1, 0.15) is 6.61 Å². The molecule has 25 heavy (non-hydrogen) atoms. The van der Waals surface area contributed by atoms with E-state index in [-0.39, 0.29) is 0 Å². The third-order valence-corrected chi connectivity index (χ3v) is 3.78. The first-order valence-corrected chi connectivity index (χ1v) is 8.20. The standard InChI is InChI=1S/C19H22N4O2/c1-24-18-5-4-16(12-21-7-9-23-10-8-22-15-23)11-19(18)25-14-17-3-2-6-20-13-17/h2-6,8,10-11,13,15,21H,7,9,12,14H2,1H3. The van der Waals surface area contributed by atoms with E-state index < -0.39 is 0 Å². The molecule has 2 aromatic heterocycles. The zero-order valence-electron chi connectivity index (χ0n) is 14.3. The summed E-state index contributed by atoms with van der Waals surface area (Å²) >= 11 is 0. The lowest BCUT2D eigenvalue weighted by atomic mass is 10.2. The average molecular weight is 338 g/mol. The van der Waals surface area contributed by atoms with Gasteiger partial charge in [0.05, 0.1) is 13.4 Å². The minimum Gasteiger partial charge on any atom is -0.493 e. The van der Waals surface area contributed by atoms with E-state index in [0.717, 1.165) is 42.3 Å². The summed E-state index contributed by atoms with van der Waals surface area (Å²) in [5, 5.41) is 3.42. The summed E-state index contributed by atoms with van der Waals surface area (Å²) in [5.74, 6) is 1.46. The van der Waals surface area contributed by atoms with Crippen molar-refractivity contribution in [1.29, 1.82) is 0 Å². The van der Waals surface area contributed by atoms with Crippen molar-refractivity contribution in [2.45, 2.75) is 19.7 Å². The maximum atomic E-state index is 5.91. The van der Waals surface area contributed by atoms with Gasteiger partial charge in [-0.2, -0.15) is 0 Å². The Morgan fingerprint density at radius 1 is 1.08 bits per heavy atom. The highest BCUT2D eigenvalue weighted by Gasteiger charge is 2.06. The van der Waals surface area contributed by atoms with Crippen LogP contribution in [0.2, 0.25) is 0 Å². The number of hydrogen-bond acceptors (Lipinski definition) is 5. The fourth-order valence-electron chi connectivity index (χ4n) is 2.45. The predicted molar refractivity (Wildman–Crippen MR) is 95.5 cm³/mol. The number of nitrogens with one attached hydrogen (secondary N) is 1. The molecule has 0 atom stereocenters. The number of ether oxygens (including phenoxy) is 2. The van der Waals surface area contributed by atoms with Crippen LogP contribution in [0.15, 0.2) is 61.4 Å². The van der Waals surface area contributed by atoms with Crippen LogP contribution in [0.4, 0.5) is 0 Å². The average Bonchev–Trinajstić information content (AvgIpc) is 3.18. The van der Waals surface area contributed by atoms with Gasteiger partial charge >= 0.3 is 0 Å². The minimum atomic E-state index is 0.460. The highest BCUT2D eigenvalue weighted by atomic mass is 16.5. The highest BCUT2D eigenvalue weighted by molar-refractivity contribution is 5.43. The van der Waals surface area contributed by atoms with Crippen molar-refractivity contribution in [3.63, 3.8) is 0 Å². The summed E-state index contributed by atoms with van der Waals surface area (Å²) in [7, 11) is 1.65. The fraction of sp³-hybridized carbons (Fsp3) is 0.263. The Morgan fingerprint density at radius 2 is 2.04 bits per heavy atom. The highest BCUT2D eigenvalue weighted by Crippen LogP contribution is 2.28. The maximum absolute atomic E-state index is 5.91. The van der Waals surface area contributed by atoms with Gasteiger partial charge in [0.25, 0.3) is 0 Å². The Balaban J connectivity index is 1.55. The van der Waals surface area contributed by atoms with E-state index in [4.69, 9.17) is 9.47 Å². The second-order valence-corrected chi connectivity index (χ2v) is 5.61. The van der Waals surface area contributed by atoms with Crippen molar-refractivity contribution in [3.8, 4) is 11.5 Å². The zero-order valence-corrected chi connectivity index (χ0v) is 14.3. The summed E-state index contributed by atoms with van der Waals surface area (Å²) in [4.78, 5) is 8.14. The molecule has 6 nitrogen and oxygen atoms in total. The molecule has 1 N–H and O–H groups in total. The van der Waals surface area contributed by atoms with Gasteiger partial charge in [-0.05, 0) is 23.8 Å². The monoisotopic (exact) mass is 338 g/mol. The van der Waals surface area contributed by atoms with Gasteiger partial charge in [-0.3, -0.25) is 4.98 Å². The fourth-order valence-corrected chi connectivity index (χ4v) is 2.45. The molecule has 0 aliphatic carbocycles. The molecule has 0 aliphatic rings.